The van der Waals surface area contributed by atoms with Gasteiger partial charge in [0.1, 0.15) is 5.75 Å². The number of carbonyl (C=O) groups excluding carboxylic acids is 1. The van der Waals surface area contributed by atoms with Crippen LogP contribution in [0, 0.1) is 0 Å². The van der Waals surface area contributed by atoms with E-state index >= 15 is 0 Å². The van der Waals surface area contributed by atoms with E-state index in [1.165, 1.54) is 26.4 Å². The minimum absolute atomic E-state index is 0.0736. The summed E-state index contributed by atoms with van der Waals surface area (Å²) in [5, 5.41) is 0.679. The quantitative estimate of drug-likeness (QED) is 0.339. The molecule has 2 aromatic rings. The summed E-state index contributed by atoms with van der Waals surface area (Å²) in [6.45, 7) is 0. The molecule has 2 rings (SSSR count). The van der Waals surface area contributed by atoms with E-state index in [-0.39, 0.29) is 15.6 Å². The lowest BCUT2D eigenvalue weighted by Gasteiger charge is -2.09. The molecule has 0 aliphatic rings. The van der Waals surface area contributed by atoms with Crippen LogP contribution in [0.2, 0.25) is 10.0 Å². The molecule has 4 nitrogen and oxygen atoms in total. The highest BCUT2D eigenvalue weighted by atomic mass is 35.7. The first-order valence-electron chi connectivity index (χ1n) is 7.00. The second kappa shape index (κ2) is 8.77. The highest BCUT2D eigenvalue weighted by Crippen LogP contribution is 2.46. The Morgan fingerprint density at radius 1 is 1.12 bits per heavy atom. The van der Waals surface area contributed by atoms with E-state index in [0.29, 0.717) is 22.2 Å². The van der Waals surface area contributed by atoms with Gasteiger partial charge < -0.3 is 14.0 Å². The Morgan fingerprint density at radius 3 is 2.28 bits per heavy atom. The van der Waals surface area contributed by atoms with Gasteiger partial charge in [-0.2, -0.15) is 0 Å². The molecule has 2 aromatic carbocycles. The van der Waals surface area contributed by atoms with E-state index in [2.05, 4.69) is 4.74 Å². The first-order chi connectivity index (χ1) is 11.9. The Kier molecular flexibility index (Phi) is 6.97. The topological polar surface area (TPSA) is 52.6 Å². The number of carbonyl (C=O) groups is 1. The van der Waals surface area contributed by atoms with Crippen LogP contribution in [0.1, 0.15) is 21.5 Å². The molecule has 0 spiro atoms. The van der Waals surface area contributed by atoms with E-state index in [4.69, 9.17) is 39.2 Å². The van der Waals surface area contributed by atoms with Crippen LogP contribution in [-0.4, -0.2) is 20.2 Å². The molecule has 0 radical (unpaired) electrons. The lowest BCUT2D eigenvalue weighted by atomic mass is 10.1. The molecule has 0 bridgehead atoms. The number of hydrogen-bond donors (Lipinski definition) is 0. The molecule has 0 N–H and O–H groups in total. The smallest absolute Gasteiger partial charge is 0.340 e. The third-order valence-corrected chi connectivity index (χ3v) is 5.42. The first-order valence-corrected chi connectivity index (χ1v) is 10.2. The second-order valence-corrected chi connectivity index (χ2v) is 7.85. The number of halogens is 3. The van der Waals surface area contributed by atoms with Gasteiger partial charge in [0.05, 0.1) is 29.8 Å². The Labute approximate surface area is 160 Å². The first kappa shape index (κ1) is 19.9. The molecule has 0 aliphatic carbocycles. The zero-order chi connectivity index (χ0) is 18.6. The standard InChI is InChI=1S/C17H14Cl3O4P/c1-23-12-5-3-4-11(9-12)15(25(20)22)8-10-6-13(18)16(14(19)7-10)17(21)24-2/h3-9,25H,1-2H3/b15-8+. The number of benzene rings is 2. The zero-order valence-corrected chi connectivity index (χ0v) is 16.6. The number of methoxy groups -OCH3 is 2. The molecule has 1 atom stereocenters. The summed E-state index contributed by atoms with van der Waals surface area (Å²) in [5.74, 6) is -0.0233. The van der Waals surface area contributed by atoms with Crippen LogP contribution >= 0.6 is 41.6 Å². The van der Waals surface area contributed by atoms with Gasteiger partial charge in [-0.1, -0.05) is 46.6 Å². The molecule has 0 fully saturated rings. The highest BCUT2D eigenvalue weighted by Gasteiger charge is 2.17. The van der Waals surface area contributed by atoms with E-state index in [1.807, 2.05) is 0 Å². The molecule has 25 heavy (non-hydrogen) atoms. The Morgan fingerprint density at radius 2 is 1.76 bits per heavy atom. The van der Waals surface area contributed by atoms with Gasteiger partial charge >= 0.3 is 5.97 Å². The predicted octanol–water partition coefficient (Wildman–Crippen LogP) is 6.00. The molecule has 1 unspecified atom stereocenters. The number of rotatable bonds is 5. The third-order valence-electron chi connectivity index (χ3n) is 3.36. The molecule has 0 amide bonds. The largest absolute Gasteiger partial charge is 0.497 e. The van der Waals surface area contributed by atoms with Crippen molar-refractivity contribution in [3.63, 3.8) is 0 Å². The van der Waals surface area contributed by atoms with Crippen LogP contribution in [0.5, 0.6) is 5.75 Å². The van der Waals surface area contributed by atoms with E-state index in [0.717, 1.165) is 0 Å². The summed E-state index contributed by atoms with van der Waals surface area (Å²) in [4.78, 5) is 11.7. The molecular weight excluding hydrogens is 406 g/mol. The van der Waals surface area contributed by atoms with Crippen LogP contribution in [0.4, 0.5) is 0 Å². The Hall–Kier alpha value is -1.45. The number of ether oxygens (including phenoxy) is 2. The van der Waals surface area contributed by atoms with Crippen LogP contribution in [0.25, 0.3) is 11.4 Å². The lowest BCUT2D eigenvalue weighted by molar-refractivity contribution is 0.0601. The van der Waals surface area contributed by atoms with Crippen LogP contribution < -0.4 is 4.74 Å². The van der Waals surface area contributed by atoms with Crippen molar-refractivity contribution in [2.75, 3.05) is 14.2 Å². The van der Waals surface area contributed by atoms with E-state index in [1.54, 1.807) is 30.3 Å². The van der Waals surface area contributed by atoms with Crippen molar-refractivity contribution >= 4 is 59.0 Å². The number of hydrogen-bond acceptors (Lipinski definition) is 4. The maximum Gasteiger partial charge on any atom is 0.340 e. The molecule has 0 saturated heterocycles. The van der Waals surface area contributed by atoms with Crippen molar-refractivity contribution in [3.05, 3.63) is 63.1 Å². The van der Waals surface area contributed by atoms with Crippen molar-refractivity contribution in [2.45, 2.75) is 0 Å². The van der Waals surface area contributed by atoms with Gasteiger partial charge in [0.25, 0.3) is 0 Å². The molecule has 132 valence electrons. The minimum atomic E-state index is -2.55. The van der Waals surface area contributed by atoms with Gasteiger partial charge in [0.2, 0.25) is 0 Å². The van der Waals surface area contributed by atoms with Crippen molar-refractivity contribution < 1.29 is 18.8 Å². The van der Waals surface area contributed by atoms with Crippen molar-refractivity contribution in [3.8, 4) is 5.75 Å². The normalized spacial score (nSPS) is 12.6. The maximum absolute atomic E-state index is 12.0. The van der Waals surface area contributed by atoms with Gasteiger partial charge in [-0.05, 0) is 41.5 Å². The molecule has 8 heteroatoms. The number of esters is 1. The minimum Gasteiger partial charge on any atom is -0.497 e. The fourth-order valence-electron chi connectivity index (χ4n) is 2.18. The van der Waals surface area contributed by atoms with Crippen LogP contribution in [0.15, 0.2) is 36.4 Å². The van der Waals surface area contributed by atoms with Gasteiger partial charge in [0, 0.05) is 5.31 Å². The van der Waals surface area contributed by atoms with Crippen molar-refractivity contribution in [1.82, 2.24) is 0 Å². The average Bonchev–Trinajstić information content (AvgIpc) is 2.58. The highest BCUT2D eigenvalue weighted by molar-refractivity contribution is 7.82. The summed E-state index contributed by atoms with van der Waals surface area (Å²) >= 11 is 18.2. The Balaban J connectivity index is 2.54. The third kappa shape index (κ3) is 4.80. The van der Waals surface area contributed by atoms with Crippen molar-refractivity contribution in [1.29, 1.82) is 0 Å². The summed E-state index contributed by atoms with van der Waals surface area (Å²) in [6.07, 6.45) is 1.61. The molecule has 0 heterocycles. The Bertz CT molecular complexity index is 842. The molecule has 0 aliphatic heterocycles. The summed E-state index contributed by atoms with van der Waals surface area (Å²) in [5.41, 5.74) is 1.28. The van der Waals surface area contributed by atoms with Gasteiger partial charge in [-0.25, -0.2) is 4.79 Å². The molecular formula is C17H14Cl3O4P. The zero-order valence-electron chi connectivity index (χ0n) is 13.3. The van der Waals surface area contributed by atoms with Gasteiger partial charge in [0.15, 0.2) is 7.15 Å². The SMILES string of the molecule is COC(=O)c1c(Cl)cc(/C=C(\c2cccc(OC)c2)[PH](=O)Cl)cc1Cl. The molecule has 0 saturated carbocycles. The summed E-state index contributed by atoms with van der Waals surface area (Å²) < 4.78 is 21.9. The van der Waals surface area contributed by atoms with E-state index < -0.39 is 13.1 Å². The fourth-order valence-corrected chi connectivity index (χ4v) is 4.00. The predicted molar refractivity (Wildman–Crippen MR) is 104 cm³/mol. The average molecular weight is 420 g/mol. The van der Waals surface area contributed by atoms with Crippen LogP contribution in [-0.2, 0) is 9.30 Å². The lowest BCUT2D eigenvalue weighted by Crippen LogP contribution is -2.03. The fraction of sp³-hybridized carbons (Fsp3) is 0.118. The summed E-state index contributed by atoms with van der Waals surface area (Å²) in [6, 6.07) is 10.1. The maximum atomic E-state index is 12.0. The molecule has 0 aromatic heterocycles. The van der Waals surface area contributed by atoms with Gasteiger partial charge in [-0.15, -0.1) is 0 Å². The van der Waals surface area contributed by atoms with E-state index in [9.17, 15) is 9.36 Å². The van der Waals surface area contributed by atoms with Crippen molar-refractivity contribution in [2.24, 2.45) is 0 Å². The van der Waals surface area contributed by atoms with Gasteiger partial charge in [-0.3, -0.25) is 0 Å². The monoisotopic (exact) mass is 418 g/mol. The van der Waals surface area contributed by atoms with Crippen LogP contribution in [0.3, 0.4) is 0 Å². The summed E-state index contributed by atoms with van der Waals surface area (Å²) in [7, 11) is 0.225. The second-order valence-electron chi connectivity index (χ2n) is 4.91.